The molecule has 1 rings (SSSR count). The maximum absolute atomic E-state index is 12.1. The molecule has 0 radical (unpaired) electrons. The van der Waals surface area contributed by atoms with Crippen molar-refractivity contribution >= 4 is 27.5 Å². The van der Waals surface area contributed by atoms with E-state index < -0.39 is 11.7 Å². The fraction of sp³-hybridized carbons (Fsp3) is 0.333. The molecule has 0 unspecified atom stereocenters. The van der Waals surface area contributed by atoms with Crippen LogP contribution in [0.4, 0.5) is 13.2 Å². The molecule has 0 atom stereocenters. The predicted molar refractivity (Wildman–Crippen MR) is 69.3 cm³/mol. The molecule has 7 heteroatoms. The molecule has 1 heterocycles. The Hall–Kier alpha value is -1.37. The minimum atomic E-state index is -4.42. The van der Waals surface area contributed by atoms with Crippen molar-refractivity contribution in [3.05, 3.63) is 35.1 Å². The van der Waals surface area contributed by atoms with E-state index in [4.69, 9.17) is 0 Å². The molecule has 0 N–H and O–H groups in total. The number of carbonyl (C=O) groups excluding carboxylic acids is 1. The number of rotatable bonds is 2. The lowest BCUT2D eigenvalue weighted by Crippen LogP contribution is -2.10. The quantitative estimate of drug-likeness (QED) is 0.765. The first-order valence-corrected chi connectivity index (χ1v) is 5.99. The minimum Gasteiger partial charge on any atom is -0.466 e. The molecule has 0 saturated heterocycles. The average Bonchev–Trinajstić information content (AvgIpc) is 2.28. The molecule has 19 heavy (non-hydrogen) atoms. The molecule has 0 saturated carbocycles. The second-order valence-corrected chi connectivity index (χ2v) is 4.18. The fourth-order valence-corrected chi connectivity index (χ4v) is 1.14. The molecule has 1 aromatic heterocycles. The lowest BCUT2D eigenvalue weighted by atomic mass is 10.2. The van der Waals surface area contributed by atoms with Gasteiger partial charge in [-0.3, -0.25) is 9.78 Å². The van der Waals surface area contributed by atoms with E-state index in [-0.39, 0.29) is 11.7 Å². The molecule has 0 amide bonds. The normalized spacial score (nSPS) is 10.2. The van der Waals surface area contributed by atoms with E-state index in [1.165, 1.54) is 25.3 Å². The van der Waals surface area contributed by atoms with Crippen LogP contribution < -0.4 is 0 Å². The molecule has 0 spiro atoms. The van der Waals surface area contributed by atoms with Crippen LogP contribution in [-0.4, -0.2) is 23.7 Å². The van der Waals surface area contributed by atoms with Gasteiger partial charge in [0.25, 0.3) is 0 Å². The van der Waals surface area contributed by atoms with E-state index in [0.29, 0.717) is 11.1 Å². The summed E-state index contributed by atoms with van der Waals surface area (Å²) in [6.07, 6.45) is -3.12. The number of aromatic nitrogens is 1. The molecule has 0 aliphatic carbocycles. The van der Waals surface area contributed by atoms with Crippen LogP contribution in [-0.2, 0) is 9.53 Å². The molecular formula is C12H13BrF3NO2. The van der Waals surface area contributed by atoms with E-state index in [2.05, 4.69) is 32.2 Å². The Morgan fingerprint density at radius 2 is 2.05 bits per heavy atom. The third-order valence-corrected chi connectivity index (χ3v) is 2.20. The molecular weight excluding hydrogens is 327 g/mol. The molecule has 0 aliphatic heterocycles. The topological polar surface area (TPSA) is 39.2 Å². The Labute approximate surface area is 117 Å². The Kier molecular flexibility index (Phi) is 7.36. The van der Waals surface area contributed by atoms with Crippen molar-refractivity contribution in [3.8, 4) is 0 Å². The lowest BCUT2D eigenvalue weighted by molar-refractivity contribution is -0.140. The third kappa shape index (κ3) is 7.61. The van der Waals surface area contributed by atoms with Crippen molar-refractivity contribution in [2.75, 3.05) is 6.61 Å². The zero-order valence-corrected chi connectivity index (χ0v) is 12.0. The highest BCUT2D eigenvalue weighted by atomic mass is 79.9. The maximum Gasteiger partial charge on any atom is 0.417 e. The Balaban J connectivity index is 0.000000459. The summed E-state index contributed by atoms with van der Waals surface area (Å²) in [5, 5.41) is 0. The zero-order valence-electron chi connectivity index (χ0n) is 10.4. The standard InChI is InChI=1S/C8H5BrF3N.C4H8O2/c1-5(8(10,11)12)7-3-2-6(9)4-13-7;1-3-6-4(2)5/h2-4H,1H2;3H2,1-2H3. The molecule has 106 valence electrons. The van der Waals surface area contributed by atoms with Gasteiger partial charge in [0.15, 0.2) is 0 Å². The molecule has 0 bridgehead atoms. The number of esters is 1. The Morgan fingerprint density at radius 3 is 2.32 bits per heavy atom. The molecule has 0 aromatic carbocycles. The van der Waals surface area contributed by atoms with E-state index in [1.807, 2.05) is 0 Å². The highest BCUT2D eigenvalue weighted by Crippen LogP contribution is 2.31. The van der Waals surface area contributed by atoms with Crippen LogP contribution in [0.25, 0.3) is 5.57 Å². The van der Waals surface area contributed by atoms with Crippen molar-refractivity contribution in [3.63, 3.8) is 0 Å². The van der Waals surface area contributed by atoms with Crippen LogP contribution in [0.1, 0.15) is 19.5 Å². The van der Waals surface area contributed by atoms with Gasteiger partial charge in [-0.1, -0.05) is 6.58 Å². The van der Waals surface area contributed by atoms with E-state index in [0.717, 1.165) is 0 Å². The number of carbonyl (C=O) groups is 1. The van der Waals surface area contributed by atoms with Gasteiger partial charge in [0, 0.05) is 17.6 Å². The first kappa shape index (κ1) is 17.6. The number of halogens is 4. The SMILES string of the molecule is C=C(c1ccc(Br)cn1)C(F)(F)F.CCOC(C)=O. The summed E-state index contributed by atoms with van der Waals surface area (Å²) in [6.45, 7) is 6.58. The number of alkyl halides is 3. The summed E-state index contributed by atoms with van der Waals surface area (Å²) in [6, 6.07) is 2.75. The summed E-state index contributed by atoms with van der Waals surface area (Å²) < 4.78 is 41.3. The van der Waals surface area contributed by atoms with Gasteiger partial charge in [0.2, 0.25) is 0 Å². The Morgan fingerprint density at radius 1 is 1.47 bits per heavy atom. The van der Waals surface area contributed by atoms with Gasteiger partial charge >= 0.3 is 12.1 Å². The van der Waals surface area contributed by atoms with E-state index >= 15 is 0 Å². The number of hydrogen-bond donors (Lipinski definition) is 0. The van der Waals surface area contributed by atoms with Gasteiger partial charge in [0.1, 0.15) is 0 Å². The monoisotopic (exact) mass is 339 g/mol. The van der Waals surface area contributed by atoms with Crippen LogP contribution in [0.3, 0.4) is 0 Å². The van der Waals surface area contributed by atoms with Crippen LogP contribution in [0.2, 0.25) is 0 Å². The highest BCUT2D eigenvalue weighted by Gasteiger charge is 2.33. The summed E-state index contributed by atoms with van der Waals surface area (Å²) in [5.74, 6) is -0.211. The zero-order chi connectivity index (χ0) is 15.1. The number of ether oxygens (including phenoxy) is 1. The summed E-state index contributed by atoms with van der Waals surface area (Å²) >= 11 is 3.07. The van der Waals surface area contributed by atoms with Crippen LogP contribution >= 0.6 is 15.9 Å². The minimum absolute atomic E-state index is 0.157. The van der Waals surface area contributed by atoms with Gasteiger partial charge in [-0.25, -0.2) is 0 Å². The first-order chi connectivity index (χ1) is 8.68. The van der Waals surface area contributed by atoms with E-state index in [9.17, 15) is 18.0 Å². The number of nitrogens with zero attached hydrogens (tertiary/aromatic N) is 1. The summed E-state index contributed by atoms with van der Waals surface area (Å²) in [5.41, 5.74) is -1.09. The molecule has 1 aromatic rings. The highest BCUT2D eigenvalue weighted by molar-refractivity contribution is 9.10. The second kappa shape index (κ2) is 7.93. The van der Waals surface area contributed by atoms with Gasteiger partial charge in [-0.2, -0.15) is 13.2 Å². The van der Waals surface area contributed by atoms with Crippen molar-refractivity contribution in [2.45, 2.75) is 20.0 Å². The van der Waals surface area contributed by atoms with Gasteiger partial charge in [-0.15, -0.1) is 0 Å². The molecule has 3 nitrogen and oxygen atoms in total. The fourth-order valence-electron chi connectivity index (χ4n) is 0.903. The third-order valence-electron chi connectivity index (χ3n) is 1.73. The second-order valence-electron chi connectivity index (χ2n) is 3.26. The molecule has 0 aliphatic rings. The van der Waals surface area contributed by atoms with Gasteiger partial charge in [0.05, 0.1) is 17.9 Å². The van der Waals surface area contributed by atoms with Crippen LogP contribution in [0, 0.1) is 0 Å². The van der Waals surface area contributed by atoms with Crippen LogP contribution in [0.5, 0.6) is 0 Å². The lowest BCUT2D eigenvalue weighted by Gasteiger charge is -2.08. The van der Waals surface area contributed by atoms with Crippen molar-refractivity contribution < 1.29 is 22.7 Å². The van der Waals surface area contributed by atoms with Gasteiger partial charge < -0.3 is 4.74 Å². The largest absolute Gasteiger partial charge is 0.466 e. The summed E-state index contributed by atoms with van der Waals surface area (Å²) in [4.78, 5) is 13.4. The summed E-state index contributed by atoms with van der Waals surface area (Å²) in [7, 11) is 0. The van der Waals surface area contributed by atoms with Crippen molar-refractivity contribution in [2.24, 2.45) is 0 Å². The maximum atomic E-state index is 12.1. The average molecular weight is 340 g/mol. The number of allylic oxidation sites excluding steroid dienone is 1. The van der Waals surface area contributed by atoms with Crippen molar-refractivity contribution in [1.29, 1.82) is 0 Å². The molecule has 0 fully saturated rings. The smallest absolute Gasteiger partial charge is 0.417 e. The van der Waals surface area contributed by atoms with Crippen LogP contribution in [0.15, 0.2) is 29.4 Å². The Bertz CT molecular complexity index is 430. The number of pyridine rings is 1. The number of hydrogen-bond acceptors (Lipinski definition) is 3. The first-order valence-electron chi connectivity index (χ1n) is 5.19. The van der Waals surface area contributed by atoms with Gasteiger partial charge in [-0.05, 0) is 35.0 Å². The predicted octanol–water partition coefficient (Wildman–Crippen LogP) is 3.99. The van der Waals surface area contributed by atoms with Crippen molar-refractivity contribution in [1.82, 2.24) is 4.98 Å². The van der Waals surface area contributed by atoms with E-state index in [1.54, 1.807) is 6.92 Å².